The maximum atomic E-state index is 12.5. The summed E-state index contributed by atoms with van der Waals surface area (Å²) in [6.07, 6.45) is 0.327. The summed E-state index contributed by atoms with van der Waals surface area (Å²) in [6, 6.07) is 2.41. The number of amides is 2. The van der Waals surface area contributed by atoms with Crippen molar-refractivity contribution in [2.75, 3.05) is 37.6 Å². The van der Waals surface area contributed by atoms with Crippen LogP contribution in [0.25, 0.3) is 0 Å². The van der Waals surface area contributed by atoms with Crippen LogP contribution < -0.4 is 14.8 Å². The summed E-state index contributed by atoms with van der Waals surface area (Å²) in [4.78, 5) is 26.2. The predicted octanol–water partition coefficient (Wildman–Crippen LogP) is 1.33. The van der Waals surface area contributed by atoms with Gasteiger partial charge in [-0.15, -0.1) is 0 Å². The molecule has 10 heteroatoms. The average molecular weight is 405 g/mol. The number of likely N-dealkylation sites (N-methyl/N-ethyl adjacent to an activating group) is 1. The topological polar surface area (TPSA) is 102 Å². The summed E-state index contributed by atoms with van der Waals surface area (Å²) >= 11 is 6.02. The van der Waals surface area contributed by atoms with E-state index >= 15 is 0 Å². The monoisotopic (exact) mass is 404 g/mol. The molecule has 0 saturated carbocycles. The van der Waals surface area contributed by atoms with Gasteiger partial charge in [0.2, 0.25) is 0 Å². The van der Waals surface area contributed by atoms with E-state index in [1.807, 2.05) is 0 Å². The predicted molar refractivity (Wildman–Crippen MR) is 97.6 cm³/mol. The quantitative estimate of drug-likeness (QED) is 0.743. The molecule has 1 saturated heterocycles. The number of carbonyl (C=O) groups excluding carboxylic acids is 2. The molecule has 0 spiro atoms. The molecule has 26 heavy (non-hydrogen) atoms. The minimum Gasteiger partial charge on any atom is -0.495 e. The van der Waals surface area contributed by atoms with Gasteiger partial charge in [-0.3, -0.25) is 9.59 Å². The van der Waals surface area contributed by atoms with Crippen LogP contribution in [0.4, 0.5) is 5.69 Å². The summed E-state index contributed by atoms with van der Waals surface area (Å²) in [7, 11) is -0.349. The van der Waals surface area contributed by atoms with Crippen LogP contribution in [0.5, 0.6) is 11.5 Å². The number of methoxy groups -OCH3 is 2. The Morgan fingerprint density at radius 3 is 2.42 bits per heavy atom. The number of rotatable bonds is 5. The molecule has 8 nitrogen and oxygen atoms in total. The third kappa shape index (κ3) is 4.39. The molecular weight excluding hydrogens is 384 g/mol. The molecule has 1 aromatic carbocycles. The fourth-order valence-electron chi connectivity index (χ4n) is 2.85. The minimum atomic E-state index is -3.17. The van der Waals surface area contributed by atoms with Crippen LogP contribution in [0.15, 0.2) is 12.1 Å². The third-order valence-corrected chi connectivity index (χ3v) is 6.21. The van der Waals surface area contributed by atoms with Gasteiger partial charge in [0.15, 0.2) is 9.84 Å². The van der Waals surface area contributed by atoms with E-state index in [0.29, 0.717) is 17.2 Å². The van der Waals surface area contributed by atoms with Crippen LogP contribution in [0.1, 0.15) is 13.3 Å². The Labute approximate surface area is 157 Å². The number of hydrogen-bond donors (Lipinski definition) is 1. The SMILES string of the molecule is CCN(C(=O)C(=O)Nc1cc(OC)c(Cl)cc1OC)C1CCS(=O)(=O)C1. The Morgan fingerprint density at radius 2 is 1.92 bits per heavy atom. The molecule has 144 valence electrons. The van der Waals surface area contributed by atoms with E-state index in [1.165, 1.54) is 31.3 Å². The van der Waals surface area contributed by atoms with Gasteiger partial charge in [-0.1, -0.05) is 11.6 Å². The Hall–Kier alpha value is -2.00. The van der Waals surface area contributed by atoms with Gasteiger partial charge in [-0.05, 0) is 13.3 Å². The number of benzene rings is 1. The fraction of sp³-hybridized carbons (Fsp3) is 0.500. The third-order valence-electron chi connectivity index (χ3n) is 4.17. The maximum absolute atomic E-state index is 12.5. The molecule has 1 aromatic rings. The number of sulfone groups is 1. The summed E-state index contributed by atoms with van der Waals surface area (Å²) in [5.41, 5.74) is 0.224. The fourth-order valence-corrected chi connectivity index (χ4v) is 4.81. The van der Waals surface area contributed by atoms with Gasteiger partial charge in [0.1, 0.15) is 11.5 Å². The number of halogens is 1. The van der Waals surface area contributed by atoms with Crippen LogP contribution in [0.3, 0.4) is 0 Å². The molecule has 1 heterocycles. The average Bonchev–Trinajstić information content (AvgIpc) is 2.96. The second-order valence-corrected chi connectivity index (χ2v) is 8.43. The first-order chi connectivity index (χ1) is 12.2. The van der Waals surface area contributed by atoms with E-state index in [1.54, 1.807) is 6.92 Å². The Morgan fingerprint density at radius 1 is 1.27 bits per heavy atom. The lowest BCUT2D eigenvalue weighted by atomic mass is 10.2. The number of nitrogens with one attached hydrogen (secondary N) is 1. The maximum Gasteiger partial charge on any atom is 0.314 e. The van der Waals surface area contributed by atoms with Crippen LogP contribution in [0.2, 0.25) is 5.02 Å². The highest BCUT2D eigenvalue weighted by atomic mass is 35.5. The van der Waals surface area contributed by atoms with Gasteiger partial charge in [0.25, 0.3) is 0 Å². The van der Waals surface area contributed by atoms with Crippen LogP contribution in [0, 0.1) is 0 Å². The molecule has 1 N–H and O–H groups in total. The molecule has 0 aliphatic carbocycles. The molecule has 0 radical (unpaired) electrons. The van der Waals surface area contributed by atoms with Crippen molar-refractivity contribution in [3.63, 3.8) is 0 Å². The van der Waals surface area contributed by atoms with Crippen LogP contribution in [-0.2, 0) is 19.4 Å². The number of anilines is 1. The van der Waals surface area contributed by atoms with E-state index in [0.717, 1.165) is 0 Å². The van der Waals surface area contributed by atoms with Crippen molar-refractivity contribution >= 4 is 38.9 Å². The van der Waals surface area contributed by atoms with Crippen molar-refractivity contribution in [2.45, 2.75) is 19.4 Å². The Bertz CT molecular complexity index is 811. The number of nitrogens with zero attached hydrogens (tertiary/aromatic N) is 1. The van der Waals surface area contributed by atoms with Crippen molar-refractivity contribution in [1.82, 2.24) is 4.90 Å². The standard InChI is InChI=1S/C16H21ClN2O6S/c1-4-19(10-5-6-26(22,23)9-10)16(21)15(20)18-12-8-13(24-2)11(17)7-14(12)25-3/h7-8,10H,4-6,9H2,1-3H3,(H,18,20). The van der Waals surface area contributed by atoms with Crippen molar-refractivity contribution in [3.05, 3.63) is 17.2 Å². The van der Waals surface area contributed by atoms with E-state index in [4.69, 9.17) is 21.1 Å². The number of carbonyl (C=O) groups is 2. The zero-order valence-corrected chi connectivity index (χ0v) is 16.3. The first kappa shape index (κ1) is 20.3. The lowest BCUT2D eigenvalue weighted by Gasteiger charge is -2.26. The summed E-state index contributed by atoms with van der Waals surface area (Å²) < 4.78 is 33.6. The van der Waals surface area contributed by atoms with Crippen LogP contribution >= 0.6 is 11.6 Å². The first-order valence-electron chi connectivity index (χ1n) is 7.96. The Balaban J connectivity index is 2.19. The molecule has 1 aliphatic heterocycles. The highest BCUT2D eigenvalue weighted by molar-refractivity contribution is 7.91. The summed E-state index contributed by atoms with van der Waals surface area (Å²) in [5.74, 6) is -1.22. The summed E-state index contributed by atoms with van der Waals surface area (Å²) in [5, 5.41) is 2.77. The minimum absolute atomic E-state index is 0.0191. The van der Waals surface area contributed by atoms with Crippen molar-refractivity contribution in [3.8, 4) is 11.5 Å². The van der Waals surface area contributed by atoms with Gasteiger partial charge in [-0.2, -0.15) is 0 Å². The number of ether oxygens (including phenoxy) is 2. The highest BCUT2D eigenvalue weighted by Crippen LogP contribution is 2.35. The molecule has 1 aliphatic rings. The highest BCUT2D eigenvalue weighted by Gasteiger charge is 2.36. The molecule has 0 aromatic heterocycles. The van der Waals surface area contributed by atoms with E-state index in [-0.39, 0.29) is 29.5 Å². The second-order valence-electron chi connectivity index (χ2n) is 5.79. The van der Waals surface area contributed by atoms with E-state index in [2.05, 4.69) is 5.32 Å². The zero-order valence-electron chi connectivity index (χ0n) is 14.7. The van der Waals surface area contributed by atoms with Gasteiger partial charge in [0, 0.05) is 24.7 Å². The van der Waals surface area contributed by atoms with E-state index in [9.17, 15) is 18.0 Å². The van der Waals surface area contributed by atoms with Gasteiger partial charge >= 0.3 is 11.8 Å². The zero-order chi connectivity index (χ0) is 19.5. The molecule has 2 rings (SSSR count). The Kier molecular flexibility index (Phi) is 6.35. The molecule has 1 unspecified atom stereocenters. The normalized spacial score (nSPS) is 18.2. The lowest BCUT2D eigenvalue weighted by molar-refractivity contribution is -0.144. The van der Waals surface area contributed by atoms with Gasteiger partial charge in [-0.25, -0.2) is 8.42 Å². The largest absolute Gasteiger partial charge is 0.495 e. The second kappa shape index (κ2) is 8.13. The molecular formula is C16H21ClN2O6S. The van der Waals surface area contributed by atoms with Crippen molar-refractivity contribution < 1.29 is 27.5 Å². The summed E-state index contributed by atoms with van der Waals surface area (Å²) in [6.45, 7) is 1.93. The van der Waals surface area contributed by atoms with E-state index < -0.39 is 27.7 Å². The molecule has 1 atom stereocenters. The smallest absolute Gasteiger partial charge is 0.314 e. The molecule has 0 bridgehead atoms. The van der Waals surface area contributed by atoms with Crippen LogP contribution in [-0.4, -0.2) is 63.4 Å². The lowest BCUT2D eigenvalue weighted by Crippen LogP contribution is -2.46. The first-order valence-corrected chi connectivity index (χ1v) is 10.2. The molecule has 2 amide bonds. The van der Waals surface area contributed by atoms with Gasteiger partial charge < -0.3 is 19.7 Å². The van der Waals surface area contributed by atoms with Gasteiger partial charge in [0.05, 0.1) is 36.4 Å². The molecule has 1 fully saturated rings. The van der Waals surface area contributed by atoms with Crippen molar-refractivity contribution in [1.29, 1.82) is 0 Å². The van der Waals surface area contributed by atoms with Crippen molar-refractivity contribution in [2.24, 2.45) is 0 Å². The number of hydrogen-bond acceptors (Lipinski definition) is 6.